The van der Waals surface area contributed by atoms with Crippen molar-refractivity contribution in [1.29, 1.82) is 0 Å². The number of ether oxygens (including phenoxy) is 3. The molecule has 0 saturated heterocycles. The number of halogens is 1. The lowest BCUT2D eigenvalue weighted by Crippen LogP contribution is -2.10. The number of esters is 3. The molecule has 0 aromatic heterocycles. The van der Waals surface area contributed by atoms with Crippen LogP contribution in [0.2, 0.25) is 0 Å². The Morgan fingerprint density at radius 1 is 0.614 bits per heavy atom. The number of hydrogen-bond acceptors (Lipinski definition) is 6. The molecule has 6 nitrogen and oxygen atoms in total. The van der Waals surface area contributed by atoms with E-state index in [1.165, 1.54) is 18.6 Å². The summed E-state index contributed by atoms with van der Waals surface area (Å²) < 4.78 is 30.5. The molecule has 0 amide bonds. The van der Waals surface area contributed by atoms with Gasteiger partial charge in [-0.3, -0.25) is 4.79 Å². The van der Waals surface area contributed by atoms with Gasteiger partial charge in [-0.25, -0.2) is 14.0 Å². The number of carbonyl (C=O) groups excluding carboxylic acids is 3. The third-order valence-corrected chi connectivity index (χ3v) is 7.36. The van der Waals surface area contributed by atoms with Crippen LogP contribution in [0.4, 0.5) is 4.39 Å². The van der Waals surface area contributed by atoms with Gasteiger partial charge in [-0.05, 0) is 98.2 Å². The normalized spacial score (nSPS) is 10.8. The Balaban J connectivity index is 1.37. The van der Waals surface area contributed by atoms with Crippen molar-refractivity contribution >= 4 is 17.9 Å². The van der Waals surface area contributed by atoms with Crippen LogP contribution in [0.5, 0.6) is 11.5 Å². The van der Waals surface area contributed by atoms with Gasteiger partial charge < -0.3 is 14.2 Å². The first-order valence-corrected chi connectivity index (χ1v) is 16.0. The minimum atomic E-state index is -0.612. The molecule has 7 heteroatoms. The van der Waals surface area contributed by atoms with Gasteiger partial charge in [0.1, 0.15) is 17.3 Å². The molecule has 0 fully saturated rings. The van der Waals surface area contributed by atoms with Crippen LogP contribution >= 0.6 is 0 Å². The molecule has 0 radical (unpaired) electrons. The SMILES string of the molecule is CCCCCCCC(=O)Oc1ccc(C(=O)Oc2ccc(CCCCc3ccc(C(=O)OCCCCC)c(F)c3)cc2)cc1. The zero-order valence-electron chi connectivity index (χ0n) is 26.1. The van der Waals surface area contributed by atoms with Crippen molar-refractivity contribution < 1.29 is 33.0 Å². The van der Waals surface area contributed by atoms with Crippen molar-refractivity contribution in [3.05, 3.63) is 94.8 Å². The highest BCUT2D eigenvalue weighted by Gasteiger charge is 2.14. The lowest BCUT2D eigenvalue weighted by molar-refractivity contribution is -0.134. The predicted molar refractivity (Wildman–Crippen MR) is 170 cm³/mol. The van der Waals surface area contributed by atoms with Gasteiger partial charge in [0.2, 0.25) is 0 Å². The maximum Gasteiger partial charge on any atom is 0.343 e. The van der Waals surface area contributed by atoms with Crippen molar-refractivity contribution in [1.82, 2.24) is 0 Å². The van der Waals surface area contributed by atoms with E-state index in [0.29, 0.717) is 36.5 Å². The van der Waals surface area contributed by atoms with Crippen molar-refractivity contribution in [2.75, 3.05) is 6.61 Å². The van der Waals surface area contributed by atoms with E-state index in [1.54, 1.807) is 42.5 Å². The second kappa shape index (κ2) is 19.3. The van der Waals surface area contributed by atoms with Crippen molar-refractivity contribution in [2.45, 2.75) is 97.3 Å². The number of rotatable bonds is 19. The summed E-state index contributed by atoms with van der Waals surface area (Å²) in [7, 11) is 0. The number of hydrogen-bond donors (Lipinski definition) is 0. The summed E-state index contributed by atoms with van der Waals surface area (Å²) in [5.74, 6) is -1.07. The standard InChI is InChI=1S/C37H45FO6/c1-3-5-7-8-9-15-35(39)43-31-23-19-30(20-24-31)36(40)44-32-21-16-28(17-22-32)13-10-11-14-29-18-25-33(34(38)27-29)37(41)42-26-12-6-4-2/h16-25,27H,3-15,26H2,1-2H3. The lowest BCUT2D eigenvalue weighted by Gasteiger charge is -2.08. The first-order valence-electron chi connectivity index (χ1n) is 16.0. The fourth-order valence-electron chi connectivity index (χ4n) is 4.74. The van der Waals surface area contributed by atoms with E-state index in [9.17, 15) is 18.8 Å². The maximum absolute atomic E-state index is 14.5. The molecule has 0 saturated carbocycles. The molecular weight excluding hydrogens is 559 g/mol. The largest absolute Gasteiger partial charge is 0.462 e. The second-order valence-corrected chi connectivity index (χ2v) is 11.1. The molecule has 236 valence electrons. The highest BCUT2D eigenvalue weighted by Crippen LogP contribution is 2.19. The number of benzene rings is 3. The molecule has 0 spiro atoms. The zero-order chi connectivity index (χ0) is 31.6. The average Bonchev–Trinajstić information content (AvgIpc) is 3.02. The summed E-state index contributed by atoms with van der Waals surface area (Å²) in [6, 6.07) is 18.4. The molecule has 0 unspecified atom stereocenters. The third-order valence-electron chi connectivity index (χ3n) is 7.36. The molecule has 3 rings (SSSR count). The molecule has 0 bridgehead atoms. The molecule has 3 aromatic rings. The van der Waals surface area contributed by atoms with Crippen molar-refractivity contribution in [3.63, 3.8) is 0 Å². The van der Waals surface area contributed by atoms with Gasteiger partial charge in [-0.1, -0.05) is 70.6 Å². The van der Waals surface area contributed by atoms with Crippen molar-refractivity contribution in [3.8, 4) is 11.5 Å². The van der Waals surface area contributed by atoms with Crippen LogP contribution in [-0.2, 0) is 22.4 Å². The molecule has 0 aliphatic carbocycles. The molecular formula is C37H45FO6. The van der Waals surface area contributed by atoms with E-state index < -0.39 is 17.8 Å². The first kappa shape index (κ1) is 34.5. The Hall–Kier alpha value is -4.00. The van der Waals surface area contributed by atoms with Crippen LogP contribution in [0.1, 0.15) is 116 Å². The van der Waals surface area contributed by atoms with Crippen LogP contribution in [0, 0.1) is 5.82 Å². The van der Waals surface area contributed by atoms with Crippen LogP contribution in [0.15, 0.2) is 66.7 Å². The Labute approximate surface area is 260 Å². The second-order valence-electron chi connectivity index (χ2n) is 11.1. The van der Waals surface area contributed by atoms with Crippen LogP contribution in [0.25, 0.3) is 0 Å². The zero-order valence-corrected chi connectivity index (χ0v) is 26.1. The van der Waals surface area contributed by atoms with Gasteiger partial charge >= 0.3 is 17.9 Å². The quantitative estimate of drug-likeness (QED) is 0.0771. The van der Waals surface area contributed by atoms with E-state index in [4.69, 9.17) is 14.2 Å². The molecule has 0 N–H and O–H groups in total. The molecule has 0 aliphatic heterocycles. The summed E-state index contributed by atoms with van der Waals surface area (Å²) in [6.07, 6.45) is 11.8. The van der Waals surface area contributed by atoms with E-state index in [-0.39, 0.29) is 11.5 Å². The minimum Gasteiger partial charge on any atom is -0.462 e. The summed E-state index contributed by atoms with van der Waals surface area (Å²) in [5, 5.41) is 0. The fourth-order valence-corrected chi connectivity index (χ4v) is 4.74. The first-order chi connectivity index (χ1) is 21.4. The number of aryl methyl sites for hydroxylation is 2. The van der Waals surface area contributed by atoms with Gasteiger partial charge in [-0.15, -0.1) is 0 Å². The monoisotopic (exact) mass is 604 g/mol. The van der Waals surface area contributed by atoms with E-state index >= 15 is 0 Å². The Morgan fingerprint density at radius 2 is 1.20 bits per heavy atom. The molecule has 0 heterocycles. The van der Waals surface area contributed by atoms with Gasteiger partial charge in [0.05, 0.1) is 17.7 Å². The Kier molecular flexibility index (Phi) is 15.1. The predicted octanol–water partition coefficient (Wildman–Crippen LogP) is 9.22. The summed E-state index contributed by atoms with van der Waals surface area (Å²) in [6.45, 7) is 4.53. The lowest BCUT2D eigenvalue weighted by atomic mass is 10.0. The topological polar surface area (TPSA) is 78.9 Å². The molecule has 44 heavy (non-hydrogen) atoms. The Morgan fingerprint density at radius 3 is 1.89 bits per heavy atom. The Bertz CT molecular complexity index is 1320. The molecule has 3 aromatic carbocycles. The number of carbonyl (C=O) groups is 3. The van der Waals surface area contributed by atoms with Gasteiger partial charge in [0.15, 0.2) is 0 Å². The van der Waals surface area contributed by atoms with Gasteiger partial charge in [-0.2, -0.15) is 0 Å². The highest BCUT2D eigenvalue weighted by molar-refractivity contribution is 5.91. The summed E-state index contributed by atoms with van der Waals surface area (Å²) in [4.78, 5) is 36.7. The van der Waals surface area contributed by atoms with E-state index in [0.717, 1.165) is 75.3 Å². The van der Waals surface area contributed by atoms with E-state index in [1.807, 2.05) is 12.1 Å². The van der Waals surface area contributed by atoms with Crippen LogP contribution in [-0.4, -0.2) is 24.5 Å². The fraction of sp³-hybridized carbons (Fsp3) is 0.432. The van der Waals surface area contributed by atoms with Crippen LogP contribution in [0.3, 0.4) is 0 Å². The molecule has 0 aliphatic rings. The maximum atomic E-state index is 14.5. The summed E-state index contributed by atoms with van der Waals surface area (Å²) in [5.41, 5.74) is 2.29. The highest BCUT2D eigenvalue weighted by atomic mass is 19.1. The van der Waals surface area contributed by atoms with E-state index in [2.05, 4.69) is 13.8 Å². The van der Waals surface area contributed by atoms with Crippen LogP contribution < -0.4 is 9.47 Å². The van der Waals surface area contributed by atoms with Gasteiger partial charge in [0.25, 0.3) is 0 Å². The number of unbranched alkanes of at least 4 members (excludes halogenated alkanes) is 7. The minimum absolute atomic E-state index is 0.0210. The molecule has 0 atom stereocenters. The van der Waals surface area contributed by atoms with Gasteiger partial charge in [0, 0.05) is 6.42 Å². The third kappa shape index (κ3) is 12.3. The summed E-state index contributed by atoms with van der Waals surface area (Å²) >= 11 is 0. The van der Waals surface area contributed by atoms with Crippen molar-refractivity contribution in [2.24, 2.45) is 0 Å². The smallest absolute Gasteiger partial charge is 0.343 e. The average molecular weight is 605 g/mol.